The van der Waals surface area contributed by atoms with Crippen molar-refractivity contribution in [2.24, 2.45) is 0 Å². The minimum atomic E-state index is -0.344. The van der Waals surface area contributed by atoms with Crippen molar-refractivity contribution in [3.05, 3.63) is 60.4 Å². The van der Waals surface area contributed by atoms with E-state index in [0.717, 1.165) is 0 Å². The van der Waals surface area contributed by atoms with Crippen LogP contribution in [0.4, 0.5) is 20.9 Å². The summed E-state index contributed by atoms with van der Waals surface area (Å²) in [5.74, 6) is -0.406. The van der Waals surface area contributed by atoms with Crippen molar-refractivity contribution >= 4 is 45.5 Å². The highest BCUT2D eigenvalue weighted by molar-refractivity contribution is 8.01. The molecule has 1 aromatic heterocycles. The van der Waals surface area contributed by atoms with Gasteiger partial charge in [0.2, 0.25) is 11.0 Å². The third-order valence-corrected chi connectivity index (χ3v) is 5.36. The average molecular weight is 399 g/mol. The monoisotopic (exact) mass is 399 g/mol. The molecule has 0 spiro atoms. The van der Waals surface area contributed by atoms with Gasteiger partial charge in [0.15, 0.2) is 4.34 Å². The number of para-hydroxylation sites is 1. The van der Waals surface area contributed by atoms with Gasteiger partial charge in [-0.05, 0) is 30.3 Å². The van der Waals surface area contributed by atoms with Gasteiger partial charge in [0.1, 0.15) is 12.4 Å². The van der Waals surface area contributed by atoms with Gasteiger partial charge in [-0.3, -0.25) is 9.69 Å². The molecule has 9 heteroatoms. The maximum absolute atomic E-state index is 13.2. The summed E-state index contributed by atoms with van der Waals surface area (Å²) < 4.78 is 13.8. The van der Waals surface area contributed by atoms with E-state index < -0.39 is 0 Å². The Morgan fingerprint density at radius 2 is 2.04 bits per heavy atom. The first-order chi connectivity index (χ1) is 13.2. The van der Waals surface area contributed by atoms with Crippen LogP contribution < -0.4 is 10.2 Å². The Labute approximate surface area is 163 Å². The third-order valence-electron chi connectivity index (χ3n) is 3.40. The Balaban J connectivity index is 1.60. The number of nitrogens with one attached hydrogen (secondary N) is 1. The van der Waals surface area contributed by atoms with Gasteiger partial charge < -0.3 is 5.32 Å². The van der Waals surface area contributed by atoms with Gasteiger partial charge in [-0.25, -0.2) is 4.39 Å². The van der Waals surface area contributed by atoms with Crippen LogP contribution in [0.25, 0.3) is 0 Å². The van der Waals surface area contributed by atoms with E-state index in [1.807, 2.05) is 24.3 Å². The summed E-state index contributed by atoms with van der Waals surface area (Å²) in [6.07, 6.45) is 0. The number of anilines is 3. The average Bonchev–Trinajstić information content (AvgIpc) is 3.12. The van der Waals surface area contributed by atoms with Crippen molar-refractivity contribution in [3.63, 3.8) is 0 Å². The van der Waals surface area contributed by atoms with E-state index in [9.17, 15) is 9.18 Å². The number of thioether (sulfide) groups is 1. The number of aromatic nitrogens is 2. The highest BCUT2D eigenvalue weighted by atomic mass is 32.2. The van der Waals surface area contributed by atoms with Crippen LogP contribution in [0, 0.1) is 17.1 Å². The minimum Gasteiger partial charge on any atom is -0.330 e. The maximum Gasteiger partial charge on any atom is 0.238 e. The summed E-state index contributed by atoms with van der Waals surface area (Å²) in [6, 6.07) is 17.1. The van der Waals surface area contributed by atoms with Crippen LogP contribution in [0.15, 0.2) is 58.9 Å². The van der Waals surface area contributed by atoms with Gasteiger partial charge in [0, 0.05) is 11.4 Å². The van der Waals surface area contributed by atoms with Gasteiger partial charge in [-0.2, -0.15) is 5.26 Å². The molecule has 0 aliphatic rings. The fourth-order valence-electron chi connectivity index (χ4n) is 2.21. The van der Waals surface area contributed by atoms with Crippen LogP contribution in [0.1, 0.15) is 0 Å². The highest BCUT2D eigenvalue weighted by Gasteiger charge is 2.16. The van der Waals surface area contributed by atoms with Gasteiger partial charge in [0.05, 0.1) is 11.8 Å². The Morgan fingerprint density at radius 3 is 2.78 bits per heavy atom. The number of hydrogen-bond acceptors (Lipinski definition) is 7. The summed E-state index contributed by atoms with van der Waals surface area (Å²) in [5, 5.41) is 20.5. The quantitative estimate of drug-likeness (QED) is 0.476. The lowest BCUT2D eigenvalue weighted by molar-refractivity contribution is -0.116. The lowest BCUT2D eigenvalue weighted by Gasteiger charge is -2.19. The van der Waals surface area contributed by atoms with E-state index in [-0.39, 0.29) is 24.0 Å². The molecule has 0 fully saturated rings. The maximum atomic E-state index is 13.2. The molecule has 1 N–H and O–H groups in total. The molecule has 0 aliphatic heterocycles. The zero-order chi connectivity index (χ0) is 19.1. The number of nitriles is 1. The van der Waals surface area contributed by atoms with Crippen molar-refractivity contribution < 1.29 is 9.18 Å². The van der Waals surface area contributed by atoms with Crippen LogP contribution in [0.2, 0.25) is 0 Å². The van der Waals surface area contributed by atoms with E-state index in [2.05, 4.69) is 15.5 Å². The molecule has 0 aliphatic carbocycles. The SMILES string of the molecule is N#CCN(C(=O)CSc1nnc(Nc2cccc(F)c2)s1)c1ccccc1. The van der Waals surface area contributed by atoms with Crippen LogP contribution in [-0.2, 0) is 4.79 Å². The van der Waals surface area contributed by atoms with Crippen molar-refractivity contribution in [3.8, 4) is 6.07 Å². The second-order valence-electron chi connectivity index (χ2n) is 5.27. The van der Waals surface area contributed by atoms with Crippen LogP contribution in [-0.4, -0.2) is 28.4 Å². The lowest BCUT2D eigenvalue weighted by atomic mass is 10.3. The predicted octanol–water partition coefficient (Wildman–Crippen LogP) is 4.07. The molecule has 3 rings (SSSR count). The van der Waals surface area contributed by atoms with Crippen LogP contribution in [0.5, 0.6) is 0 Å². The van der Waals surface area contributed by atoms with Crippen molar-refractivity contribution in [1.82, 2.24) is 10.2 Å². The molecule has 0 bridgehead atoms. The van der Waals surface area contributed by atoms with Crippen molar-refractivity contribution in [1.29, 1.82) is 5.26 Å². The van der Waals surface area contributed by atoms with Crippen molar-refractivity contribution in [2.75, 3.05) is 22.5 Å². The molecule has 1 amide bonds. The lowest BCUT2D eigenvalue weighted by Crippen LogP contribution is -2.32. The number of nitrogens with zero attached hydrogens (tertiary/aromatic N) is 4. The molecule has 0 atom stereocenters. The number of halogens is 1. The Kier molecular flexibility index (Phi) is 6.35. The Morgan fingerprint density at radius 1 is 1.22 bits per heavy atom. The Bertz CT molecular complexity index is 958. The van der Waals surface area contributed by atoms with Crippen LogP contribution >= 0.6 is 23.1 Å². The second-order valence-corrected chi connectivity index (χ2v) is 7.47. The van der Waals surface area contributed by atoms with E-state index in [4.69, 9.17) is 5.26 Å². The van der Waals surface area contributed by atoms with Crippen LogP contribution in [0.3, 0.4) is 0 Å². The summed E-state index contributed by atoms with van der Waals surface area (Å²) >= 11 is 2.51. The fourth-order valence-corrected chi connectivity index (χ4v) is 3.86. The van der Waals surface area contributed by atoms with Gasteiger partial charge in [0.25, 0.3) is 0 Å². The number of benzene rings is 2. The molecular formula is C18H14FN5OS2. The largest absolute Gasteiger partial charge is 0.330 e. The number of hydrogen-bond donors (Lipinski definition) is 1. The summed E-state index contributed by atoms with van der Waals surface area (Å²) in [7, 11) is 0. The first-order valence-corrected chi connectivity index (χ1v) is 9.67. The molecule has 1 heterocycles. The van der Waals surface area contributed by atoms with E-state index in [0.29, 0.717) is 20.8 Å². The zero-order valence-corrected chi connectivity index (χ0v) is 15.6. The van der Waals surface area contributed by atoms with Gasteiger partial charge in [-0.1, -0.05) is 47.4 Å². The summed E-state index contributed by atoms with van der Waals surface area (Å²) in [5.41, 5.74) is 1.25. The fraction of sp³-hybridized carbons (Fsp3) is 0.111. The molecule has 6 nitrogen and oxygen atoms in total. The third kappa shape index (κ3) is 5.26. The summed E-state index contributed by atoms with van der Waals surface area (Å²) in [6.45, 7) is -0.0219. The van der Waals surface area contributed by atoms with E-state index >= 15 is 0 Å². The second kappa shape index (κ2) is 9.12. The Hall–Kier alpha value is -2.96. The standard InChI is InChI=1S/C18H14FN5OS2/c19-13-5-4-6-14(11-13)21-17-22-23-18(27-17)26-12-16(25)24(10-9-20)15-7-2-1-3-8-15/h1-8,11H,10,12H2,(H,21,22). The molecule has 27 heavy (non-hydrogen) atoms. The molecule has 0 saturated heterocycles. The minimum absolute atomic E-state index is 0.0219. The summed E-state index contributed by atoms with van der Waals surface area (Å²) in [4.78, 5) is 13.9. The molecule has 0 radical (unpaired) electrons. The molecule has 0 unspecified atom stereocenters. The molecule has 136 valence electrons. The topological polar surface area (TPSA) is 81.9 Å². The predicted molar refractivity (Wildman–Crippen MR) is 105 cm³/mol. The first-order valence-electron chi connectivity index (χ1n) is 7.87. The normalized spacial score (nSPS) is 10.2. The van der Waals surface area contributed by atoms with Gasteiger partial charge >= 0.3 is 0 Å². The number of carbonyl (C=O) groups excluding carboxylic acids is 1. The van der Waals surface area contributed by atoms with Gasteiger partial charge in [-0.15, -0.1) is 10.2 Å². The van der Waals surface area contributed by atoms with E-state index in [1.165, 1.54) is 40.1 Å². The van der Waals surface area contributed by atoms with Crippen molar-refractivity contribution in [2.45, 2.75) is 4.34 Å². The number of carbonyl (C=O) groups is 1. The molecular weight excluding hydrogens is 385 g/mol. The molecule has 0 saturated carbocycles. The first kappa shape index (κ1) is 18.8. The van der Waals surface area contributed by atoms with E-state index in [1.54, 1.807) is 24.3 Å². The smallest absolute Gasteiger partial charge is 0.238 e. The number of amides is 1. The molecule has 2 aromatic carbocycles. The zero-order valence-electron chi connectivity index (χ0n) is 14.0. The number of rotatable bonds is 7. The highest BCUT2D eigenvalue weighted by Crippen LogP contribution is 2.28. The molecule has 3 aromatic rings.